The van der Waals surface area contributed by atoms with Gasteiger partial charge in [-0.2, -0.15) is 0 Å². The van der Waals surface area contributed by atoms with Crippen LogP contribution in [0.2, 0.25) is 0 Å². The number of nitrogens with two attached hydrogens (primary N) is 1. The third-order valence-electron chi connectivity index (χ3n) is 1.83. The monoisotopic (exact) mass is 147 g/mol. The number of ether oxygens (including phenoxy) is 1. The van der Waals surface area contributed by atoms with Gasteiger partial charge in [0.1, 0.15) is 12.2 Å². The fourth-order valence-electron chi connectivity index (χ4n) is 1.13. The molecular formula is C6H13NO3. The summed E-state index contributed by atoms with van der Waals surface area (Å²) in [7, 11) is 0. The van der Waals surface area contributed by atoms with Crippen LogP contribution in [0.1, 0.15) is 6.92 Å². The Bertz CT molecular complexity index is 120. The normalized spacial score (nSPS) is 48.0. The molecule has 60 valence electrons. The second-order valence-electron chi connectivity index (χ2n) is 2.60. The van der Waals surface area contributed by atoms with Crippen LogP contribution < -0.4 is 5.73 Å². The molecule has 0 aromatic rings. The molecule has 1 unspecified atom stereocenters. The van der Waals surface area contributed by atoms with Crippen molar-refractivity contribution in [2.45, 2.75) is 31.3 Å². The smallest absolute Gasteiger partial charge is 0.110 e. The molecule has 1 rings (SSSR count). The van der Waals surface area contributed by atoms with Gasteiger partial charge in [-0.1, -0.05) is 0 Å². The summed E-state index contributed by atoms with van der Waals surface area (Å²) in [6.07, 6.45) is -2.30. The van der Waals surface area contributed by atoms with E-state index in [4.69, 9.17) is 15.6 Å². The number of hydrogen-bond donors (Lipinski definition) is 3. The first-order valence-corrected chi connectivity index (χ1v) is 3.38. The highest BCUT2D eigenvalue weighted by molar-refractivity contribution is 4.88. The van der Waals surface area contributed by atoms with E-state index in [1.807, 2.05) is 0 Å². The summed E-state index contributed by atoms with van der Waals surface area (Å²) in [5.74, 6) is 0. The Kier molecular flexibility index (Phi) is 2.25. The van der Waals surface area contributed by atoms with E-state index in [1.54, 1.807) is 6.92 Å². The molecule has 1 aliphatic heterocycles. The maximum absolute atomic E-state index is 9.17. The third kappa shape index (κ3) is 1.15. The zero-order valence-corrected chi connectivity index (χ0v) is 5.90. The fraction of sp³-hybridized carbons (Fsp3) is 1.00. The van der Waals surface area contributed by atoms with Gasteiger partial charge < -0.3 is 20.7 Å². The van der Waals surface area contributed by atoms with Crippen molar-refractivity contribution < 1.29 is 14.9 Å². The van der Waals surface area contributed by atoms with Crippen molar-refractivity contribution in [3.63, 3.8) is 0 Å². The molecule has 10 heavy (non-hydrogen) atoms. The Balaban J connectivity index is 2.53. The van der Waals surface area contributed by atoms with Crippen molar-refractivity contribution in [2.75, 3.05) is 6.54 Å². The van der Waals surface area contributed by atoms with Gasteiger partial charge in [0.2, 0.25) is 0 Å². The average Bonchev–Trinajstić information content (AvgIpc) is 2.17. The quantitative estimate of drug-likeness (QED) is 0.420. The number of hydrogen-bond acceptors (Lipinski definition) is 4. The first-order valence-electron chi connectivity index (χ1n) is 3.38. The van der Waals surface area contributed by atoms with Gasteiger partial charge in [0.25, 0.3) is 0 Å². The first kappa shape index (κ1) is 7.94. The van der Waals surface area contributed by atoms with E-state index in [9.17, 15) is 5.11 Å². The first-order chi connectivity index (χ1) is 4.66. The Morgan fingerprint density at radius 1 is 1.40 bits per heavy atom. The molecule has 4 heteroatoms. The lowest BCUT2D eigenvalue weighted by Gasteiger charge is -2.10. The molecular weight excluding hydrogens is 134 g/mol. The molecule has 0 aromatic heterocycles. The van der Waals surface area contributed by atoms with Crippen molar-refractivity contribution in [3.8, 4) is 0 Å². The van der Waals surface area contributed by atoms with Crippen molar-refractivity contribution in [3.05, 3.63) is 0 Å². The van der Waals surface area contributed by atoms with E-state index in [1.165, 1.54) is 0 Å². The minimum atomic E-state index is -0.819. The van der Waals surface area contributed by atoms with E-state index in [0.29, 0.717) is 0 Å². The van der Waals surface area contributed by atoms with Crippen LogP contribution in [0.4, 0.5) is 0 Å². The fourth-order valence-corrected chi connectivity index (χ4v) is 1.13. The Hall–Kier alpha value is -0.160. The number of aliphatic hydroxyl groups excluding tert-OH is 2. The van der Waals surface area contributed by atoms with Gasteiger partial charge in [0.05, 0.1) is 12.2 Å². The molecule has 1 aliphatic rings. The summed E-state index contributed by atoms with van der Waals surface area (Å²) < 4.78 is 5.11. The number of rotatable bonds is 1. The molecule has 4 nitrogen and oxygen atoms in total. The van der Waals surface area contributed by atoms with Gasteiger partial charge in [-0.3, -0.25) is 0 Å². The van der Waals surface area contributed by atoms with Crippen LogP contribution in [0.25, 0.3) is 0 Å². The molecule has 4 atom stereocenters. The van der Waals surface area contributed by atoms with E-state index < -0.39 is 18.3 Å². The zero-order chi connectivity index (χ0) is 7.72. The van der Waals surface area contributed by atoms with Crippen LogP contribution in [-0.4, -0.2) is 41.2 Å². The summed E-state index contributed by atoms with van der Waals surface area (Å²) in [5.41, 5.74) is 5.25. The van der Waals surface area contributed by atoms with E-state index in [0.717, 1.165) is 0 Å². The van der Waals surface area contributed by atoms with Gasteiger partial charge in [-0.25, -0.2) is 0 Å². The molecule has 0 amide bonds. The van der Waals surface area contributed by atoms with Crippen LogP contribution in [0.3, 0.4) is 0 Å². The third-order valence-corrected chi connectivity index (χ3v) is 1.83. The summed E-state index contributed by atoms with van der Waals surface area (Å²) in [6.45, 7) is 1.96. The van der Waals surface area contributed by atoms with Crippen LogP contribution in [0.5, 0.6) is 0 Å². The maximum atomic E-state index is 9.17. The second kappa shape index (κ2) is 2.84. The summed E-state index contributed by atoms with van der Waals surface area (Å²) in [4.78, 5) is 0. The highest BCUT2D eigenvalue weighted by Gasteiger charge is 2.38. The minimum absolute atomic E-state index is 0.253. The molecule has 0 bridgehead atoms. The molecule has 4 N–H and O–H groups in total. The van der Waals surface area contributed by atoms with Crippen LogP contribution in [0.15, 0.2) is 0 Å². The molecule has 1 saturated heterocycles. The molecule has 0 aliphatic carbocycles. The summed E-state index contributed by atoms with van der Waals surface area (Å²) in [5, 5.41) is 18.3. The standard InChI is InChI=1S/C6H13NO3/c1-3-5(8)6(9)4(2-7)10-3/h3-6,8-9H,2,7H2,1H3/t3-,4+,5?,6+/m0/s1. The van der Waals surface area contributed by atoms with Crippen LogP contribution >= 0.6 is 0 Å². The van der Waals surface area contributed by atoms with Crippen molar-refractivity contribution >= 4 is 0 Å². The van der Waals surface area contributed by atoms with Gasteiger partial charge in [-0.15, -0.1) is 0 Å². The zero-order valence-electron chi connectivity index (χ0n) is 5.90. The predicted molar refractivity (Wildman–Crippen MR) is 35.4 cm³/mol. The Labute approximate surface area is 59.6 Å². The predicted octanol–water partition coefficient (Wildman–Crippen LogP) is -1.55. The Morgan fingerprint density at radius 3 is 2.20 bits per heavy atom. The molecule has 0 saturated carbocycles. The van der Waals surface area contributed by atoms with Gasteiger partial charge >= 0.3 is 0 Å². The molecule has 1 heterocycles. The van der Waals surface area contributed by atoms with E-state index in [-0.39, 0.29) is 12.6 Å². The summed E-state index contributed by atoms with van der Waals surface area (Å²) >= 11 is 0. The average molecular weight is 147 g/mol. The van der Waals surface area contributed by atoms with Gasteiger partial charge in [0.15, 0.2) is 0 Å². The number of aliphatic hydroxyl groups is 2. The molecule has 0 spiro atoms. The van der Waals surface area contributed by atoms with E-state index >= 15 is 0 Å². The topological polar surface area (TPSA) is 75.7 Å². The maximum Gasteiger partial charge on any atom is 0.110 e. The highest BCUT2D eigenvalue weighted by atomic mass is 16.5. The van der Waals surface area contributed by atoms with Crippen molar-refractivity contribution in [2.24, 2.45) is 5.73 Å². The summed E-state index contributed by atoms with van der Waals surface area (Å²) in [6, 6.07) is 0. The van der Waals surface area contributed by atoms with Crippen LogP contribution in [0, 0.1) is 0 Å². The highest BCUT2D eigenvalue weighted by Crippen LogP contribution is 2.19. The largest absolute Gasteiger partial charge is 0.388 e. The second-order valence-corrected chi connectivity index (χ2v) is 2.60. The van der Waals surface area contributed by atoms with Gasteiger partial charge in [-0.05, 0) is 6.92 Å². The van der Waals surface area contributed by atoms with Gasteiger partial charge in [0, 0.05) is 6.54 Å². The Morgan fingerprint density at radius 2 is 2.00 bits per heavy atom. The molecule has 0 aromatic carbocycles. The van der Waals surface area contributed by atoms with Crippen molar-refractivity contribution in [1.29, 1.82) is 0 Å². The van der Waals surface area contributed by atoms with Crippen LogP contribution in [-0.2, 0) is 4.74 Å². The minimum Gasteiger partial charge on any atom is -0.388 e. The van der Waals surface area contributed by atoms with E-state index in [2.05, 4.69) is 0 Å². The molecule has 0 radical (unpaired) electrons. The lowest BCUT2D eigenvalue weighted by Crippen LogP contribution is -2.35. The van der Waals surface area contributed by atoms with Crippen molar-refractivity contribution in [1.82, 2.24) is 0 Å². The lowest BCUT2D eigenvalue weighted by molar-refractivity contribution is 0.0223. The SMILES string of the molecule is C[C@@H]1O[C@H](CN)[C@@H](O)C1O. The molecule has 1 fully saturated rings. The lowest BCUT2D eigenvalue weighted by atomic mass is 10.1.